The third-order valence-corrected chi connectivity index (χ3v) is 6.23. The Labute approximate surface area is 190 Å². The van der Waals surface area contributed by atoms with Crippen molar-refractivity contribution in [3.8, 4) is 0 Å². The normalized spacial score (nSPS) is 12.5. The molecular formula is C23H15ClF3N3OS. The Morgan fingerprint density at radius 2 is 1.69 bits per heavy atom. The van der Waals surface area contributed by atoms with Crippen molar-refractivity contribution >= 4 is 45.9 Å². The molecule has 0 saturated heterocycles. The van der Waals surface area contributed by atoms with Crippen LogP contribution in [0.1, 0.15) is 16.4 Å². The highest BCUT2D eigenvalue weighted by atomic mass is 35.5. The number of para-hydroxylation sites is 1. The fourth-order valence-corrected chi connectivity index (χ4v) is 4.34. The van der Waals surface area contributed by atoms with Gasteiger partial charge in [0.2, 0.25) is 5.91 Å². The molecule has 0 saturated carbocycles. The maximum absolute atomic E-state index is 13.3. The number of anilines is 1. The van der Waals surface area contributed by atoms with Crippen molar-refractivity contribution in [2.75, 3.05) is 5.32 Å². The monoisotopic (exact) mass is 473 g/mol. The molecule has 1 aromatic heterocycles. The summed E-state index contributed by atoms with van der Waals surface area (Å²) in [6, 6.07) is 19.1. The van der Waals surface area contributed by atoms with Gasteiger partial charge in [-0.3, -0.25) is 4.79 Å². The van der Waals surface area contributed by atoms with Crippen molar-refractivity contribution in [2.45, 2.75) is 16.5 Å². The van der Waals surface area contributed by atoms with Crippen molar-refractivity contribution in [1.29, 1.82) is 0 Å². The number of fused-ring (bicyclic) bond motifs is 1. The quantitative estimate of drug-likeness (QED) is 0.256. The fraction of sp³-hybridized carbons (Fsp3) is 0.0870. The first-order valence-electron chi connectivity index (χ1n) is 9.42. The van der Waals surface area contributed by atoms with Gasteiger partial charge in [0.1, 0.15) is 16.6 Å². The Bertz CT molecular complexity index is 1260. The Kier molecular flexibility index (Phi) is 6.34. The van der Waals surface area contributed by atoms with Crippen LogP contribution in [0, 0.1) is 0 Å². The Balaban J connectivity index is 1.70. The van der Waals surface area contributed by atoms with Crippen molar-refractivity contribution in [1.82, 2.24) is 9.97 Å². The molecule has 1 heterocycles. The van der Waals surface area contributed by atoms with E-state index in [0.717, 1.165) is 29.1 Å². The number of carbonyl (C=O) groups excluding carboxylic acids is 1. The first-order valence-corrected chi connectivity index (χ1v) is 10.7. The van der Waals surface area contributed by atoms with E-state index in [-0.39, 0.29) is 10.7 Å². The van der Waals surface area contributed by atoms with Crippen LogP contribution in [0.4, 0.5) is 18.9 Å². The summed E-state index contributed by atoms with van der Waals surface area (Å²) in [4.78, 5) is 21.8. The number of hydrogen-bond donors (Lipinski definition) is 1. The number of nitrogens with zero attached hydrogens (tertiary/aromatic N) is 2. The third kappa shape index (κ3) is 4.87. The van der Waals surface area contributed by atoms with Gasteiger partial charge in [0.15, 0.2) is 0 Å². The van der Waals surface area contributed by atoms with E-state index in [1.807, 2.05) is 30.3 Å². The highest BCUT2D eigenvalue weighted by Gasteiger charge is 2.32. The van der Waals surface area contributed by atoms with E-state index in [0.29, 0.717) is 10.6 Å². The van der Waals surface area contributed by atoms with E-state index >= 15 is 0 Å². The maximum Gasteiger partial charge on any atom is 0.416 e. The summed E-state index contributed by atoms with van der Waals surface area (Å²) in [5.41, 5.74) is 0.377. The largest absolute Gasteiger partial charge is 0.416 e. The molecule has 1 atom stereocenters. The van der Waals surface area contributed by atoms with E-state index < -0.39 is 22.9 Å². The summed E-state index contributed by atoms with van der Waals surface area (Å²) in [5.74, 6) is -0.523. The number of halogens is 4. The van der Waals surface area contributed by atoms with Crippen LogP contribution in [-0.2, 0) is 11.0 Å². The van der Waals surface area contributed by atoms with Crippen molar-refractivity contribution in [3.05, 3.63) is 95.3 Å². The van der Waals surface area contributed by atoms with Crippen LogP contribution in [-0.4, -0.2) is 15.9 Å². The van der Waals surface area contributed by atoms with E-state index in [9.17, 15) is 18.0 Å². The maximum atomic E-state index is 13.3. The lowest BCUT2D eigenvalue weighted by molar-refractivity contribution is -0.137. The van der Waals surface area contributed by atoms with Gasteiger partial charge >= 0.3 is 6.18 Å². The number of aromatic nitrogens is 2. The molecule has 0 radical (unpaired) electrons. The van der Waals surface area contributed by atoms with Crippen molar-refractivity contribution < 1.29 is 18.0 Å². The van der Waals surface area contributed by atoms with Gasteiger partial charge in [-0.1, -0.05) is 71.9 Å². The molecule has 4 aromatic rings. The molecule has 0 unspecified atom stereocenters. The second kappa shape index (κ2) is 9.18. The van der Waals surface area contributed by atoms with Gasteiger partial charge in [-0.15, -0.1) is 0 Å². The second-order valence-electron chi connectivity index (χ2n) is 6.79. The Hall–Kier alpha value is -3.10. The van der Waals surface area contributed by atoms with Crippen LogP contribution in [0.3, 0.4) is 0 Å². The van der Waals surface area contributed by atoms with Gasteiger partial charge in [0.05, 0.1) is 21.8 Å². The zero-order valence-electron chi connectivity index (χ0n) is 16.3. The van der Waals surface area contributed by atoms with Crippen LogP contribution in [0.25, 0.3) is 10.9 Å². The molecule has 0 aliphatic carbocycles. The van der Waals surface area contributed by atoms with Crippen LogP contribution in [0.2, 0.25) is 5.02 Å². The predicted molar refractivity (Wildman–Crippen MR) is 120 cm³/mol. The Morgan fingerprint density at radius 1 is 0.969 bits per heavy atom. The number of thioether (sulfide) groups is 1. The molecular weight excluding hydrogens is 459 g/mol. The van der Waals surface area contributed by atoms with E-state index in [4.69, 9.17) is 11.6 Å². The zero-order chi connectivity index (χ0) is 22.7. The van der Waals surface area contributed by atoms with Gasteiger partial charge in [-0.25, -0.2) is 9.97 Å². The average molecular weight is 474 g/mol. The molecule has 9 heteroatoms. The number of nitrogens with one attached hydrogen (secondary N) is 1. The van der Waals surface area contributed by atoms with E-state index in [1.54, 1.807) is 24.3 Å². The molecule has 4 nitrogen and oxygen atoms in total. The molecule has 0 aliphatic heterocycles. The minimum Gasteiger partial charge on any atom is -0.323 e. The summed E-state index contributed by atoms with van der Waals surface area (Å²) < 4.78 is 39.4. The SMILES string of the molecule is O=C(Nc1cc(C(F)(F)F)ccc1Cl)[C@@H](Sc1ncnc2ccccc12)c1ccccc1. The smallest absolute Gasteiger partial charge is 0.323 e. The fourth-order valence-electron chi connectivity index (χ4n) is 3.08. The zero-order valence-corrected chi connectivity index (χ0v) is 17.9. The summed E-state index contributed by atoms with van der Waals surface area (Å²) in [6.45, 7) is 0. The lowest BCUT2D eigenvalue weighted by Gasteiger charge is -2.18. The molecule has 3 aromatic carbocycles. The van der Waals surface area contributed by atoms with Gasteiger partial charge < -0.3 is 5.32 Å². The first kappa shape index (κ1) is 22.1. The third-order valence-electron chi connectivity index (χ3n) is 4.63. The molecule has 1 N–H and O–H groups in total. The van der Waals surface area contributed by atoms with E-state index in [2.05, 4.69) is 15.3 Å². The standard InChI is InChI=1S/C23H15ClF3N3OS/c24-17-11-10-15(23(25,26)27)12-19(17)30-21(31)20(14-6-2-1-3-7-14)32-22-16-8-4-5-9-18(16)28-13-29-22/h1-13,20H,(H,30,31)/t20-/m0/s1. The minimum atomic E-state index is -4.56. The lowest BCUT2D eigenvalue weighted by atomic mass is 10.1. The first-order chi connectivity index (χ1) is 15.3. The number of hydrogen-bond acceptors (Lipinski definition) is 4. The van der Waals surface area contributed by atoms with Crippen LogP contribution in [0.5, 0.6) is 0 Å². The Morgan fingerprint density at radius 3 is 2.44 bits per heavy atom. The molecule has 0 fully saturated rings. The number of alkyl halides is 3. The topological polar surface area (TPSA) is 54.9 Å². The van der Waals surface area contributed by atoms with Crippen LogP contribution >= 0.6 is 23.4 Å². The van der Waals surface area contributed by atoms with Gasteiger partial charge in [0, 0.05) is 5.39 Å². The van der Waals surface area contributed by atoms with Gasteiger partial charge in [-0.05, 0) is 29.8 Å². The molecule has 0 aliphatic rings. The summed E-state index contributed by atoms with van der Waals surface area (Å²) >= 11 is 7.26. The molecule has 162 valence electrons. The number of amides is 1. The van der Waals surface area contributed by atoms with Gasteiger partial charge in [0.25, 0.3) is 0 Å². The van der Waals surface area contributed by atoms with E-state index in [1.165, 1.54) is 18.1 Å². The van der Waals surface area contributed by atoms with Crippen LogP contribution < -0.4 is 5.32 Å². The second-order valence-corrected chi connectivity index (χ2v) is 8.29. The molecule has 0 spiro atoms. The molecule has 0 bridgehead atoms. The predicted octanol–water partition coefficient (Wildman–Crippen LogP) is 6.77. The van der Waals surface area contributed by atoms with Gasteiger partial charge in [-0.2, -0.15) is 13.2 Å². The lowest BCUT2D eigenvalue weighted by Crippen LogP contribution is -2.20. The van der Waals surface area contributed by atoms with Crippen molar-refractivity contribution in [3.63, 3.8) is 0 Å². The van der Waals surface area contributed by atoms with Crippen molar-refractivity contribution in [2.24, 2.45) is 0 Å². The number of rotatable bonds is 5. The molecule has 4 rings (SSSR count). The molecule has 1 amide bonds. The highest BCUT2D eigenvalue weighted by molar-refractivity contribution is 8.00. The number of benzene rings is 3. The van der Waals surface area contributed by atoms with Crippen LogP contribution in [0.15, 0.2) is 84.1 Å². The average Bonchev–Trinajstić information content (AvgIpc) is 2.78. The minimum absolute atomic E-state index is 0.00986. The number of carbonyl (C=O) groups is 1. The molecule has 32 heavy (non-hydrogen) atoms. The summed E-state index contributed by atoms with van der Waals surface area (Å²) in [6.07, 6.45) is -3.15. The highest BCUT2D eigenvalue weighted by Crippen LogP contribution is 2.39. The summed E-state index contributed by atoms with van der Waals surface area (Å²) in [5, 5.41) is 3.12. The summed E-state index contributed by atoms with van der Waals surface area (Å²) in [7, 11) is 0.